The van der Waals surface area contributed by atoms with Crippen LogP contribution in [0.1, 0.15) is 31.7 Å². The molecule has 0 radical (unpaired) electrons. The SMILES string of the molecule is CCCC1=NN(c2ncc(C(F)(F)F)cc2Cl)C(=O)C1. The molecule has 8 heteroatoms. The van der Waals surface area contributed by atoms with Crippen LogP contribution >= 0.6 is 11.6 Å². The third-order valence-electron chi connectivity index (χ3n) is 2.72. The monoisotopic (exact) mass is 305 g/mol. The first-order valence-corrected chi connectivity index (χ1v) is 6.32. The summed E-state index contributed by atoms with van der Waals surface area (Å²) in [6.07, 6.45) is -2.26. The molecule has 20 heavy (non-hydrogen) atoms. The van der Waals surface area contributed by atoms with Gasteiger partial charge in [-0.15, -0.1) is 0 Å². The first kappa shape index (κ1) is 14.8. The van der Waals surface area contributed by atoms with Gasteiger partial charge in [-0.3, -0.25) is 4.79 Å². The molecule has 0 aliphatic carbocycles. The fourth-order valence-corrected chi connectivity index (χ4v) is 2.06. The summed E-state index contributed by atoms with van der Waals surface area (Å²) in [6, 6.07) is 0.741. The molecule has 0 atom stereocenters. The lowest BCUT2D eigenvalue weighted by atomic mass is 10.2. The zero-order chi connectivity index (χ0) is 14.9. The molecule has 1 aliphatic rings. The van der Waals surface area contributed by atoms with Crippen molar-refractivity contribution in [1.82, 2.24) is 4.98 Å². The van der Waals surface area contributed by atoms with E-state index in [2.05, 4.69) is 10.1 Å². The number of hydrogen-bond acceptors (Lipinski definition) is 3. The molecule has 0 spiro atoms. The molecule has 0 fully saturated rings. The topological polar surface area (TPSA) is 45.6 Å². The number of anilines is 1. The summed E-state index contributed by atoms with van der Waals surface area (Å²) in [5.41, 5.74) is -0.286. The number of hydrazone groups is 1. The van der Waals surface area contributed by atoms with E-state index in [0.29, 0.717) is 18.3 Å². The Labute approximate surface area is 118 Å². The number of pyridine rings is 1. The highest BCUT2D eigenvalue weighted by molar-refractivity contribution is 6.33. The van der Waals surface area contributed by atoms with Crippen LogP contribution in [0.2, 0.25) is 5.02 Å². The van der Waals surface area contributed by atoms with Crippen molar-refractivity contribution >= 4 is 29.0 Å². The predicted octanol–water partition coefficient (Wildman–Crippen LogP) is 3.65. The molecule has 2 rings (SSSR count). The van der Waals surface area contributed by atoms with Crippen LogP contribution in [0, 0.1) is 0 Å². The number of carbonyl (C=O) groups is 1. The highest BCUT2D eigenvalue weighted by atomic mass is 35.5. The maximum atomic E-state index is 12.5. The molecule has 0 N–H and O–H groups in total. The predicted molar refractivity (Wildman–Crippen MR) is 68.7 cm³/mol. The Hall–Kier alpha value is -1.63. The van der Waals surface area contributed by atoms with Gasteiger partial charge >= 0.3 is 6.18 Å². The molecule has 0 saturated carbocycles. The van der Waals surface area contributed by atoms with Gasteiger partial charge in [0.15, 0.2) is 5.82 Å². The minimum atomic E-state index is -4.53. The van der Waals surface area contributed by atoms with E-state index in [0.717, 1.165) is 17.5 Å². The number of carbonyl (C=O) groups excluding carboxylic acids is 1. The van der Waals surface area contributed by atoms with Crippen LogP contribution in [0.3, 0.4) is 0 Å². The van der Waals surface area contributed by atoms with Gasteiger partial charge in [0.2, 0.25) is 0 Å². The molecule has 1 aromatic rings. The van der Waals surface area contributed by atoms with Gasteiger partial charge in [-0.1, -0.05) is 24.9 Å². The maximum Gasteiger partial charge on any atom is 0.417 e. The molecule has 0 bridgehead atoms. The molecule has 108 valence electrons. The van der Waals surface area contributed by atoms with Gasteiger partial charge in [0, 0.05) is 11.9 Å². The summed E-state index contributed by atoms with van der Waals surface area (Å²) < 4.78 is 37.5. The van der Waals surface area contributed by atoms with E-state index < -0.39 is 11.7 Å². The van der Waals surface area contributed by atoms with Crippen LogP contribution < -0.4 is 5.01 Å². The first-order chi connectivity index (χ1) is 9.32. The average molecular weight is 306 g/mol. The summed E-state index contributed by atoms with van der Waals surface area (Å²) in [7, 11) is 0. The Morgan fingerprint density at radius 2 is 2.15 bits per heavy atom. The van der Waals surface area contributed by atoms with Gasteiger partial charge in [0.05, 0.1) is 17.0 Å². The maximum absolute atomic E-state index is 12.5. The van der Waals surface area contributed by atoms with Crippen LogP contribution in [0.25, 0.3) is 0 Å². The Kier molecular flexibility index (Phi) is 3.99. The number of amides is 1. The van der Waals surface area contributed by atoms with Gasteiger partial charge in [0.25, 0.3) is 5.91 Å². The van der Waals surface area contributed by atoms with Gasteiger partial charge in [-0.05, 0) is 12.5 Å². The van der Waals surface area contributed by atoms with E-state index in [4.69, 9.17) is 11.6 Å². The van der Waals surface area contributed by atoms with Crippen molar-refractivity contribution in [1.29, 1.82) is 0 Å². The summed E-state index contributed by atoms with van der Waals surface area (Å²) in [5.74, 6) is -0.418. The average Bonchev–Trinajstić information content (AvgIpc) is 2.69. The number of rotatable bonds is 3. The van der Waals surface area contributed by atoms with E-state index in [-0.39, 0.29) is 23.2 Å². The smallest absolute Gasteiger partial charge is 0.272 e. The molecular weight excluding hydrogens is 295 g/mol. The van der Waals surface area contributed by atoms with Crippen molar-refractivity contribution in [2.24, 2.45) is 5.10 Å². The second kappa shape index (κ2) is 5.40. The second-order valence-electron chi connectivity index (χ2n) is 4.33. The van der Waals surface area contributed by atoms with Crippen molar-refractivity contribution in [3.8, 4) is 0 Å². The molecule has 2 heterocycles. The minimum Gasteiger partial charge on any atom is -0.272 e. The number of nitrogens with zero attached hydrogens (tertiary/aromatic N) is 3. The summed E-state index contributed by atoms with van der Waals surface area (Å²) in [6.45, 7) is 1.94. The van der Waals surface area contributed by atoms with E-state index in [1.807, 2.05) is 6.92 Å². The van der Waals surface area contributed by atoms with Gasteiger partial charge in [0.1, 0.15) is 0 Å². The first-order valence-electron chi connectivity index (χ1n) is 5.95. The Balaban J connectivity index is 2.32. The van der Waals surface area contributed by atoms with Crippen molar-refractivity contribution in [2.45, 2.75) is 32.4 Å². The number of hydrogen-bond donors (Lipinski definition) is 0. The van der Waals surface area contributed by atoms with E-state index in [1.54, 1.807) is 0 Å². The molecular formula is C12H11ClF3N3O. The van der Waals surface area contributed by atoms with Gasteiger partial charge in [-0.25, -0.2) is 4.98 Å². The zero-order valence-electron chi connectivity index (χ0n) is 10.5. The quantitative estimate of drug-likeness (QED) is 0.855. The third kappa shape index (κ3) is 2.92. The van der Waals surface area contributed by atoms with E-state index >= 15 is 0 Å². The van der Waals surface area contributed by atoms with Crippen LogP contribution in [0.5, 0.6) is 0 Å². The van der Waals surface area contributed by atoms with Gasteiger partial charge in [-0.2, -0.15) is 23.3 Å². The van der Waals surface area contributed by atoms with Crippen molar-refractivity contribution in [2.75, 3.05) is 5.01 Å². The lowest BCUT2D eigenvalue weighted by Crippen LogP contribution is -2.21. The Bertz CT molecular complexity index is 572. The largest absolute Gasteiger partial charge is 0.417 e. The fraction of sp³-hybridized carbons (Fsp3) is 0.417. The minimum absolute atomic E-state index is 0.0734. The standard InChI is InChI=1S/C12H11ClF3N3O/c1-2-3-8-5-10(20)19(18-8)11-9(13)4-7(6-17-11)12(14,15)16/h4,6H,2-3,5H2,1H3. The summed E-state index contributed by atoms with van der Waals surface area (Å²) in [4.78, 5) is 15.4. The van der Waals surface area contributed by atoms with E-state index in [1.165, 1.54) is 0 Å². The molecule has 0 unspecified atom stereocenters. The normalized spacial score (nSPS) is 15.8. The van der Waals surface area contributed by atoms with Crippen molar-refractivity contribution in [3.63, 3.8) is 0 Å². The second-order valence-corrected chi connectivity index (χ2v) is 4.73. The highest BCUT2D eigenvalue weighted by Gasteiger charge is 2.33. The molecule has 1 aromatic heterocycles. The number of alkyl halides is 3. The fourth-order valence-electron chi connectivity index (χ4n) is 1.82. The molecule has 1 amide bonds. The highest BCUT2D eigenvalue weighted by Crippen LogP contribution is 2.34. The molecule has 0 saturated heterocycles. The Morgan fingerprint density at radius 3 is 2.70 bits per heavy atom. The van der Waals surface area contributed by atoms with Crippen LogP contribution in [0.4, 0.5) is 19.0 Å². The van der Waals surface area contributed by atoms with Crippen LogP contribution in [-0.4, -0.2) is 16.6 Å². The van der Waals surface area contributed by atoms with Crippen molar-refractivity contribution in [3.05, 3.63) is 22.8 Å². The molecule has 1 aliphatic heterocycles. The van der Waals surface area contributed by atoms with E-state index in [9.17, 15) is 18.0 Å². The summed E-state index contributed by atoms with van der Waals surface area (Å²) >= 11 is 5.78. The van der Waals surface area contributed by atoms with Crippen molar-refractivity contribution < 1.29 is 18.0 Å². The Morgan fingerprint density at radius 1 is 1.45 bits per heavy atom. The number of aromatic nitrogens is 1. The summed E-state index contributed by atoms with van der Waals surface area (Å²) in [5, 5.41) is 4.76. The molecule has 0 aromatic carbocycles. The van der Waals surface area contributed by atoms with Crippen LogP contribution in [0.15, 0.2) is 17.4 Å². The van der Waals surface area contributed by atoms with Gasteiger partial charge < -0.3 is 0 Å². The lowest BCUT2D eigenvalue weighted by molar-refractivity contribution is -0.137. The van der Waals surface area contributed by atoms with Crippen LogP contribution in [-0.2, 0) is 11.0 Å². The third-order valence-corrected chi connectivity index (χ3v) is 3.00. The molecule has 4 nitrogen and oxygen atoms in total. The number of halogens is 4. The lowest BCUT2D eigenvalue weighted by Gasteiger charge is -2.14. The zero-order valence-corrected chi connectivity index (χ0v) is 11.3.